The number of hydrogen-bond acceptors (Lipinski definition) is 4. The third-order valence-electron chi connectivity index (χ3n) is 4.98. The Bertz CT molecular complexity index is 627. The number of hydrogen-bond donors (Lipinski definition) is 0. The fourth-order valence-electron chi connectivity index (χ4n) is 2.77. The number of allylic oxidation sites excluding steroid dienone is 1. The van der Waals surface area contributed by atoms with Gasteiger partial charge in [-0.2, -0.15) is 0 Å². The van der Waals surface area contributed by atoms with Gasteiger partial charge in [-0.1, -0.05) is 0 Å². The first-order valence-electron chi connectivity index (χ1n) is 9.65. The molecule has 0 N–H and O–H groups in total. The second-order valence-corrected chi connectivity index (χ2v) is 10.1. The van der Waals surface area contributed by atoms with Gasteiger partial charge in [0.15, 0.2) is 0 Å². The Hall–Kier alpha value is -1.07. The minimum absolute atomic E-state index is 0.263. The van der Waals surface area contributed by atoms with Crippen LogP contribution in [0.1, 0.15) is 47.5 Å². The van der Waals surface area contributed by atoms with E-state index in [0.717, 1.165) is 18.2 Å². The van der Waals surface area contributed by atoms with Gasteiger partial charge in [0.1, 0.15) is 0 Å². The van der Waals surface area contributed by atoms with E-state index < -0.39 is 18.3 Å². The van der Waals surface area contributed by atoms with E-state index in [0.29, 0.717) is 33.5 Å². The number of rotatable bonds is 9. The minimum atomic E-state index is -0.417. The molecule has 1 fully saturated rings. The number of carbonyl (C=O) groups is 1. The molecule has 0 spiro atoms. The van der Waals surface area contributed by atoms with Crippen LogP contribution in [0.2, 0.25) is 11.6 Å². The molecule has 1 aromatic carbocycles. The third-order valence-corrected chi connectivity index (χ3v) is 7.28. The van der Waals surface area contributed by atoms with Crippen molar-refractivity contribution in [2.75, 3.05) is 6.61 Å². The molecule has 148 valence electrons. The SMILES string of the molecule is CCOC(=O)/C(=C/CCC[Se]c1ccccc1)CB1OC(C)(C)C(C)(C)O1. The molecule has 6 heteroatoms. The predicted octanol–water partition coefficient (Wildman–Crippen LogP) is 3.80. The topological polar surface area (TPSA) is 44.8 Å². The summed E-state index contributed by atoms with van der Waals surface area (Å²) in [6, 6.07) is 10.6. The van der Waals surface area contributed by atoms with Gasteiger partial charge in [0, 0.05) is 0 Å². The standard InChI is InChI=1S/C21H31BO4Se/c1-6-24-19(23)17(16-22-25-20(2,3)21(4,5)26-22)12-10-11-15-27-18-13-8-7-9-14-18/h7-9,12-14H,6,10-11,15-16H2,1-5H3/b17-12+. The van der Waals surface area contributed by atoms with Crippen molar-refractivity contribution in [2.24, 2.45) is 0 Å². The van der Waals surface area contributed by atoms with Gasteiger partial charge in [0.05, 0.1) is 0 Å². The first-order valence-corrected chi connectivity index (χ1v) is 11.7. The van der Waals surface area contributed by atoms with Gasteiger partial charge in [-0.15, -0.1) is 0 Å². The maximum atomic E-state index is 12.3. The van der Waals surface area contributed by atoms with Crippen LogP contribution in [0.25, 0.3) is 0 Å². The van der Waals surface area contributed by atoms with E-state index >= 15 is 0 Å². The first-order chi connectivity index (χ1) is 12.7. The number of esters is 1. The van der Waals surface area contributed by atoms with Crippen molar-refractivity contribution in [3.8, 4) is 0 Å². The average molecular weight is 437 g/mol. The third kappa shape index (κ3) is 6.50. The number of benzene rings is 1. The van der Waals surface area contributed by atoms with Crippen molar-refractivity contribution in [1.82, 2.24) is 0 Å². The van der Waals surface area contributed by atoms with Crippen molar-refractivity contribution in [1.29, 1.82) is 0 Å². The Balaban J connectivity index is 1.90. The van der Waals surface area contributed by atoms with Crippen LogP contribution in [-0.2, 0) is 18.8 Å². The molecule has 0 unspecified atom stereocenters. The van der Waals surface area contributed by atoms with E-state index in [1.54, 1.807) is 0 Å². The van der Waals surface area contributed by atoms with Gasteiger partial charge >= 0.3 is 170 Å². The van der Waals surface area contributed by atoms with Crippen molar-refractivity contribution in [3.63, 3.8) is 0 Å². The molecular formula is C21H31BO4Se. The second kappa shape index (κ2) is 9.93. The van der Waals surface area contributed by atoms with Crippen LogP contribution in [0.4, 0.5) is 0 Å². The molecule has 1 aliphatic heterocycles. The quantitative estimate of drug-likeness (QED) is 0.255. The zero-order valence-electron chi connectivity index (χ0n) is 17.1. The molecule has 0 atom stereocenters. The van der Waals surface area contributed by atoms with Gasteiger partial charge in [-0.25, -0.2) is 0 Å². The maximum absolute atomic E-state index is 12.3. The molecule has 1 saturated heterocycles. The van der Waals surface area contributed by atoms with Gasteiger partial charge in [-0.05, 0) is 0 Å². The molecule has 1 aromatic rings. The van der Waals surface area contributed by atoms with Crippen LogP contribution >= 0.6 is 0 Å². The van der Waals surface area contributed by atoms with E-state index in [2.05, 4.69) is 24.3 Å². The molecule has 2 rings (SSSR count). The molecule has 0 radical (unpaired) electrons. The number of carbonyl (C=O) groups excluding carboxylic acids is 1. The van der Waals surface area contributed by atoms with Crippen molar-refractivity contribution in [3.05, 3.63) is 42.0 Å². The summed E-state index contributed by atoms with van der Waals surface area (Å²) < 4.78 is 18.7. The summed E-state index contributed by atoms with van der Waals surface area (Å²) in [5.74, 6) is -0.263. The molecule has 1 heterocycles. The molecule has 0 saturated carbocycles. The van der Waals surface area contributed by atoms with Crippen LogP contribution in [0, 0.1) is 0 Å². The van der Waals surface area contributed by atoms with Gasteiger partial charge < -0.3 is 0 Å². The van der Waals surface area contributed by atoms with Crippen LogP contribution in [0.3, 0.4) is 0 Å². The monoisotopic (exact) mass is 438 g/mol. The molecular weight excluding hydrogens is 406 g/mol. The van der Waals surface area contributed by atoms with E-state index in [-0.39, 0.29) is 5.97 Å². The van der Waals surface area contributed by atoms with Crippen LogP contribution in [-0.4, -0.2) is 45.9 Å². The summed E-state index contributed by atoms with van der Waals surface area (Å²) in [5, 5.41) is 1.15. The summed E-state index contributed by atoms with van der Waals surface area (Å²) in [5.41, 5.74) is -0.131. The Morgan fingerprint density at radius 3 is 2.37 bits per heavy atom. The summed E-state index contributed by atoms with van der Waals surface area (Å²) in [6.07, 6.45) is 4.35. The van der Waals surface area contributed by atoms with Crippen LogP contribution in [0.15, 0.2) is 42.0 Å². The van der Waals surface area contributed by atoms with Crippen molar-refractivity contribution >= 4 is 32.5 Å². The van der Waals surface area contributed by atoms with E-state index in [1.165, 1.54) is 4.46 Å². The fourth-order valence-corrected chi connectivity index (χ4v) is 4.65. The van der Waals surface area contributed by atoms with Gasteiger partial charge in [-0.3, -0.25) is 0 Å². The average Bonchev–Trinajstić information content (AvgIpc) is 2.81. The van der Waals surface area contributed by atoms with E-state index in [9.17, 15) is 4.79 Å². The van der Waals surface area contributed by atoms with Gasteiger partial charge in [0.2, 0.25) is 0 Å². The Labute approximate surface area is 170 Å². The Morgan fingerprint density at radius 2 is 1.78 bits per heavy atom. The first kappa shape index (κ1) is 22.2. The summed E-state index contributed by atoms with van der Waals surface area (Å²) in [7, 11) is -0.417. The molecule has 0 amide bonds. The molecule has 4 nitrogen and oxygen atoms in total. The zero-order chi connectivity index (χ0) is 19.9. The Kier molecular flexibility index (Phi) is 8.17. The Morgan fingerprint density at radius 1 is 1.15 bits per heavy atom. The fraction of sp³-hybridized carbons (Fsp3) is 0.571. The molecule has 27 heavy (non-hydrogen) atoms. The molecule has 1 aliphatic rings. The zero-order valence-corrected chi connectivity index (χ0v) is 18.8. The summed E-state index contributed by atoms with van der Waals surface area (Å²) in [4.78, 5) is 12.3. The van der Waals surface area contributed by atoms with Gasteiger partial charge in [0.25, 0.3) is 0 Å². The predicted molar refractivity (Wildman–Crippen MR) is 111 cm³/mol. The van der Waals surface area contributed by atoms with Crippen molar-refractivity contribution < 1.29 is 18.8 Å². The van der Waals surface area contributed by atoms with Crippen LogP contribution < -0.4 is 4.46 Å². The normalized spacial score (nSPS) is 18.6. The number of ether oxygens (including phenoxy) is 1. The van der Waals surface area contributed by atoms with Crippen LogP contribution in [0.5, 0.6) is 0 Å². The molecule has 0 aromatic heterocycles. The summed E-state index contributed by atoms with van der Waals surface area (Å²) >= 11 is 0.477. The molecule has 0 bridgehead atoms. The second-order valence-electron chi connectivity index (χ2n) is 7.64. The van der Waals surface area contributed by atoms with Crippen molar-refractivity contribution in [2.45, 2.75) is 70.3 Å². The van der Waals surface area contributed by atoms with E-state index in [1.807, 2.05) is 46.8 Å². The molecule has 0 aliphatic carbocycles. The summed E-state index contributed by atoms with van der Waals surface area (Å²) in [6.45, 7) is 10.3. The number of unbranched alkanes of at least 4 members (excludes halogenated alkanes) is 1. The van der Waals surface area contributed by atoms with E-state index in [4.69, 9.17) is 14.0 Å².